The largest absolute Gasteiger partial charge is 0.497 e. The second-order valence-electron chi connectivity index (χ2n) is 6.41. The molecule has 0 unspecified atom stereocenters. The SMILES string of the molecule is COc1ccc(C=NNC(=O)c2ccc(CSc3nc4ccccc4s3)cc2)cc1. The summed E-state index contributed by atoms with van der Waals surface area (Å²) >= 11 is 3.40. The molecule has 1 heterocycles. The van der Waals surface area contributed by atoms with Crippen LogP contribution in [0.2, 0.25) is 0 Å². The van der Waals surface area contributed by atoms with Crippen molar-refractivity contribution in [1.29, 1.82) is 0 Å². The molecule has 0 saturated carbocycles. The first kappa shape index (κ1) is 20.1. The number of hydrogen-bond acceptors (Lipinski definition) is 6. The van der Waals surface area contributed by atoms with Crippen LogP contribution in [0.4, 0.5) is 0 Å². The van der Waals surface area contributed by atoms with Gasteiger partial charge < -0.3 is 4.74 Å². The van der Waals surface area contributed by atoms with Crippen molar-refractivity contribution in [2.75, 3.05) is 7.11 Å². The van der Waals surface area contributed by atoms with Crippen molar-refractivity contribution < 1.29 is 9.53 Å². The van der Waals surface area contributed by atoms with Crippen LogP contribution in [0.15, 0.2) is 82.2 Å². The molecule has 1 aromatic heterocycles. The highest BCUT2D eigenvalue weighted by atomic mass is 32.2. The molecule has 0 radical (unpaired) electrons. The highest BCUT2D eigenvalue weighted by molar-refractivity contribution is 8.00. The van der Waals surface area contributed by atoms with E-state index in [0.717, 1.165) is 32.5 Å². The van der Waals surface area contributed by atoms with Gasteiger partial charge in [0.25, 0.3) is 5.91 Å². The number of methoxy groups -OCH3 is 1. The van der Waals surface area contributed by atoms with Crippen molar-refractivity contribution in [1.82, 2.24) is 10.4 Å². The van der Waals surface area contributed by atoms with E-state index in [9.17, 15) is 4.79 Å². The molecule has 0 atom stereocenters. The molecule has 0 spiro atoms. The normalized spacial score (nSPS) is 11.1. The van der Waals surface area contributed by atoms with E-state index < -0.39 is 0 Å². The van der Waals surface area contributed by atoms with Crippen LogP contribution < -0.4 is 10.2 Å². The zero-order valence-corrected chi connectivity index (χ0v) is 17.9. The maximum atomic E-state index is 12.3. The first-order chi connectivity index (χ1) is 14.7. The average molecular weight is 434 g/mol. The van der Waals surface area contributed by atoms with Gasteiger partial charge in [0.15, 0.2) is 4.34 Å². The molecule has 0 aliphatic rings. The van der Waals surface area contributed by atoms with E-state index in [1.165, 1.54) is 4.70 Å². The Balaban J connectivity index is 1.30. The third kappa shape index (κ3) is 5.06. The molecular weight excluding hydrogens is 414 g/mol. The van der Waals surface area contributed by atoms with Crippen molar-refractivity contribution in [2.24, 2.45) is 5.10 Å². The summed E-state index contributed by atoms with van der Waals surface area (Å²) in [4.78, 5) is 16.9. The van der Waals surface area contributed by atoms with Crippen LogP contribution in [-0.2, 0) is 5.75 Å². The lowest BCUT2D eigenvalue weighted by Gasteiger charge is -2.03. The minimum atomic E-state index is -0.245. The summed E-state index contributed by atoms with van der Waals surface area (Å²) < 4.78 is 7.36. The lowest BCUT2D eigenvalue weighted by atomic mass is 10.1. The number of rotatable bonds is 7. The van der Waals surface area contributed by atoms with Gasteiger partial charge in [-0.25, -0.2) is 10.4 Å². The number of ether oxygens (including phenoxy) is 1. The zero-order chi connectivity index (χ0) is 20.8. The minimum Gasteiger partial charge on any atom is -0.497 e. The number of amides is 1. The van der Waals surface area contributed by atoms with Gasteiger partial charge in [-0.1, -0.05) is 36.0 Å². The van der Waals surface area contributed by atoms with Gasteiger partial charge in [0.1, 0.15) is 5.75 Å². The Hall–Kier alpha value is -3.16. The summed E-state index contributed by atoms with van der Waals surface area (Å²) in [6.07, 6.45) is 1.60. The molecule has 0 aliphatic carbocycles. The maximum absolute atomic E-state index is 12.3. The molecule has 0 bridgehead atoms. The molecule has 0 aliphatic heterocycles. The number of thioether (sulfide) groups is 1. The fraction of sp³-hybridized carbons (Fsp3) is 0.0870. The predicted molar refractivity (Wildman–Crippen MR) is 124 cm³/mol. The number of aromatic nitrogens is 1. The third-order valence-electron chi connectivity index (χ3n) is 4.35. The van der Waals surface area contributed by atoms with Crippen LogP contribution in [0.1, 0.15) is 21.5 Å². The zero-order valence-electron chi connectivity index (χ0n) is 16.2. The number of fused-ring (bicyclic) bond motifs is 1. The number of thiazole rings is 1. The van der Waals surface area contributed by atoms with E-state index in [0.29, 0.717) is 5.56 Å². The molecule has 5 nitrogen and oxygen atoms in total. The summed E-state index contributed by atoms with van der Waals surface area (Å²) in [7, 11) is 1.62. The number of nitrogens with zero attached hydrogens (tertiary/aromatic N) is 2. The van der Waals surface area contributed by atoms with E-state index in [1.807, 2.05) is 66.7 Å². The molecule has 3 aromatic carbocycles. The summed E-state index contributed by atoms with van der Waals surface area (Å²) in [5, 5.41) is 4.02. The van der Waals surface area contributed by atoms with Gasteiger partial charge in [-0.05, 0) is 59.7 Å². The second-order valence-corrected chi connectivity index (χ2v) is 8.66. The number of hydrazone groups is 1. The monoisotopic (exact) mass is 433 g/mol. The van der Waals surface area contributed by atoms with Crippen molar-refractivity contribution in [3.05, 3.63) is 89.5 Å². The molecule has 1 amide bonds. The molecule has 150 valence electrons. The van der Waals surface area contributed by atoms with Crippen LogP contribution in [-0.4, -0.2) is 24.2 Å². The smallest absolute Gasteiger partial charge is 0.271 e. The Labute approximate surface area is 182 Å². The van der Waals surface area contributed by atoms with Crippen LogP contribution in [0.25, 0.3) is 10.2 Å². The number of benzene rings is 3. The first-order valence-corrected chi connectivity index (χ1v) is 11.1. The fourth-order valence-electron chi connectivity index (χ4n) is 2.73. The lowest BCUT2D eigenvalue weighted by Crippen LogP contribution is -2.17. The number of carbonyl (C=O) groups is 1. The molecule has 0 fully saturated rings. The lowest BCUT2D eigenvalue weighted by molar-refractivity contribution is 0.0955. The van der Waals surface area contributed by atoms with E-state index in [1.54, 1.807) is 36.4 Å². The molecule has 4 aromatic rings. The van der Waals surface area contributed by atoms with Crippen molar-refractivity contribution >= 4 is 45.4 Å². The number of nitrogens with one attached hydrogen (secondary N) is 1. The van der Waals surface area contributed by atoms with Crippen LogP contribution in [0.5, 0.6) is 5.75 Å². The molecule has 7 heteroatoms. The Morgan fingerprint density at radius 2 is 1.87 bits per heavy atom. The topological polar surface area (TPSA) is 63.6 Å². The van der Waals surface area contributed by atoms with Crippen molar-refractivity contribution in [3.63, 3.8) is 0 Å². The molecular formula is C23H19N3O2S2. The summed E-state index contributed by atoms with van der Waals surface area (Å²) in [5.41, 5.74) is 6.16. The molecule has 0 saturated heterocycles. The van der Waals surface area contributed by atoms with E-state index in [-0.39, 0.29) is 5.91 Å². The van der Waals surface area contributed by atoms with Gasteiger partial charge in [-0.15, -0.1) is 11.3 Å². The summed E-state index contributed by atoms with van der Waals surface area (Å²) in [5.74, 6) is 1.33. The Kier molecular flexibility index (Phi) is 6.41. The van der Waals surface area contributed by atoms with E-state index in [2.05, 4.69) is 21.6 Å². The minimum absolute atomic E-state index is 0.245. The Morgan fingerprint density at radius 1 is 1.10 bits per heavy atom. The Morgan fingerprint density at radius 3 is 2.60 bits per heavy atom. The second kappa shape index (κ2) is 9.56. The van der Waals surface area contributed by atoms with Gasteiger partial charge in [0, 0.05) is 11.3 Å². The fourth-order valence-corrected chi connectivity index (χ4v) is 4.75. The van der Waals surface area contributed by atoms with Crippen molar-refractivity contribution in [3.8, 4) is 5.75 Å². The van der Waals surface area contributed by atoms with Crippen LogP contribution >= 0.6 is 23.1 Å². The number of carbonyl (C=O) groups excluding carboxylic acids is 1. The quantitative estimate of drug-likeness (QED) is 0.242. The summed E-state index contributed by atoms with van der Waals surface area (Å²) in [6.45, 7) is 0. The highest BCUT2D eigenvalue weighted by Gasteiger charge is 2.06. The van der Waals surface area contributed by atoms with E-state index in [4.69, 9.17) is 4.74 Å². The van der Waals surface area contributed by atoms with Crippen LogP contribution in [0, 0.1) is 0 Å². The average Bonchev–Trinajstić information content (AvgIpc) is 3.21. The standard InChI is InChI=1S/C23H19N3O2S2/c1-28-19-12-8-16(9-13-19)14-24-26-22(27)18-10-6-17(7-11-18)15-29-23-25-20-4-2-3-5-21(20)30-23/h2-14H,15H2,1H3,(H,26,27). The van der Waals surface area contributed by atoms with Gasteiger partial charge >= 0.3 is 0 Å². The third-order valence-corrected chi connectivity index (χ3v) is 6.60. The molecule has 1 N–H and O–H groups in total. The van der Waals surface area contributed by atoms with Crippen LogP contribution in [0.3, 0.4) is 0 Å². The molecule has 30 heavy (non-hydrogen) atoms. The molecule has 4 rings (SSSR count). The van der Waals surface area contributed by atoms with Gasteiger partial charge in [0.05, 0.1) is 23.5 Å². The van der Waals surface area contributed by atoms with Gasteiger partial charge in [0.2, 0.25) is 0 Å². The number of para-hydroxylation sites is 1. The number of hydrogen-bond donors (Lipinski definition) is 1. The predicted octanol–water partition coefficient (Wildman–Crippen LogP) is 5.36. The Bertz CT molecular complexity index is 1140. The highest BCUT2D eigenvalue weighted by Crippen LogP contribution is 2.31. The first-order valence-electron chi connectivity index (χ1n) is 9.26. The van der Waals surface area contributed by atoms with Crippen molar-refractivity contribution in [2.45, 2.75) is 10.1 Å². The van der Waals surface area contributed by atoms with E-state index >= 15 is 0 Å². The van der Waals surface area contributed by atoms with Gasteiger partial charge in [-0.3, -0.25) is 4.79 Å². The van der Waals surface area contributed by atoms with Gasteiger partial charge in [-0.2, -0.15) is 5.10 Å². The summed E-state index contributed by atoms with van der Waals surface area (Å²) in [6, 6.07) is 23.1. The maximum Gasteiger partial charge on any atom is 0.271 e.